The van der Waals surface area contributed by atoms with Gasteiger partial charge in [-0.25, -0.2) is 0 Å². The fraction of sp³-hybridized carbons (Fsp3) is 0.143. The molecule has 2 N–H and O–H groups in total. The van der Waals surface area contributed by atoms with Crippen molar-refractivity contribution in [1.29, 1.82) is 0 Å². The monoisotopic (exact) mass is 265 g/mol. The Labute approximate surface area is 113 Å². The fourth-order valence-electron chi connectivity index (χ4n) is 1.59. The van der Waals surface area contributed by atoms with Gasteiger partial charge in [0.05, 0.1) is 0 Å². The molecule has 2 aromatic carbocycles. The maximum Gasteiger partial charge on any atom is 0.147 e. The van der Waals surface area contributed by atoms with Crippen molar-refractivity contribution in [2.24, 2.45) is 5.90 Å². The van der Waals surface area contributed by atoms with E-state index in [9.17, 15) is 0 Å². The molecule has 4 heteroatoms. The van der Waals surface area contributed by atoms with E-state index in [0.29, 0.717) is 12.4 Å². The Balaban J connectivity index is 0.00000162. The highest BCUT2D eigenvalue weighted by atomic mass is 35.5. The Morgan fingerprint density at radius 2 is 1.78 bits per heavy atom. The minimum atomic E-state index is 0. The van der Waals surface area contributed by atoms with Crippen LogP contribution >= 0.6 is 12.4 Å². The van der Waals surface area contributed by atoms with Gasteiger partial charge in [0.25, 0.3) is 0 Å². The minimum Gasteiger partial charge on any atom is -0.489 e. The van der Waals surface area contributed by atoms with Crippen LogP contribution in [0, 0.1) is 6.92 Å². The van der Waals surface area contributed by atoms with Gasteiger partial charge >= 0.3 is 0 Å². The smallest absolute Gasteiger partial charge is 0.147 e. The van der Waals surface area contributed by atoms with Crippen molar-refractivity contribution >= 4 is 12.4 Å². The van der Waals surface area contributed by atoms with E-state index in [2.05, 4.69) is 4.84 Å². The molecular weight excluding hydrogens is 250 g/mol. The molecular formula is C14H16ClNO2. The van der Waals surface area contributed by atoms with Crippen molar-refractivity contribution in [2.75, 3.05) is 0 Å². The SMILES string of the molecule is Cc1cc(ON)ccc1OCc1ccccc1.Cl. The molecule has 0 aliphatic rings. The van der Waals surface area contributed by atoms with E-state index < -0.39 is 0 Å². The highest BCUT2D eigenvalue weighted by Crippen LogP contribution is 2.23. The summed E-state index contributed by atoms with van der Waals surface area (Å²) in [6.07, 6.45) is 0. The van der Waals surface area contributed by atoms with Crippen LogP contribution in [0.15, 0.2) is 48.5 Å². The second-order valence-corrected chi connectivity index (χ2v) is 3.82. The summed E-state index contributed by atoms with van der Waals surface area (Å²) in [7, 11) is 0. The molecule has 0 unspecified atom stereocenters. The van der Waals surface area contributed by atoms with Crippen molar-refractivity contribution < 1.29 is 9.57 Å². The average molecular weight is 266 g/mol. The molecule has 0 aromatic heterocycles. The predicted octanol–water partition coefficient (Wildman–Crippen LogP) is 3.25. The molecule has 0 amide bonds. The van der Waals surface area contributed by atoms with E-state index in [0.717, 1.165) is 16.9 Å². The highest BCUT2D eigenvalue weighted by Gasteiger charge is 2.02. The quantitative estimate of drug-likeness (QED) is 0.863. The standard InChI is InChI=1S/C14H15NO2.ClH/c1-11-9-13(17-15)7-8-14(11)16-10-12-5-3-2-4-6-12;/h2-9H,10,15H2,1H3;1H. The molecule has 0 heterocycles. The van der Waals surface area contributed by atoms with Crippen molar-refractivity contribution in [3.63, 3.8) is 0 Å². The maximum absolute atomic E-state index is 5.73. The summed E-state index contributed by atoms with van der Waals surface area (Å²) in [5, 5.41) is 0. The molecule has 0 fully saturated rings. The second kappa shape index (κ2) is 6.89. The lowest BCUT2D eigenvalue weighted by Crippen LogP contribution is -2.02. The molecule has 0 saturated carbocycles. The van der Waals surface area contributed by atoms with E-state index in [1.54, 1.807) is 6.07 Å². The number of nitrogens with two attached hydrogens (primary N) is 1. The lowest BCUT2D eigenvalue weighted by Gasteiger charge is -2.10. The molecule has 2 rings (SSSR count). The first-order chi connectivity index (χ1) is 8.29. The third-order valence-electron chi connectivity index (χ3n) is 2.52. The minimum absolute atomic E-state index is 0. The topological polar surface area (TPSA) is 44.5 Å². The van der Waals surface area contributed by atoms with Crippen LogP contribution in [0.1, 0.15) is 11.1 Å². The van der Waals surface area contributed by atoms with Crippen LogP contribution < -0.4 is 15.5 Å². The number of aryl methyl sites for hydroxylation is 1. The van der Waals surface area contributed by atoms with E-state index in [4.69, 9.17) is 10.6 Å². The Morgan fingerprint density at radius 3 is 2.39 bits per heavy atom. The summed E-state index contributed by atoms with van der Waals surface area (Å²) in [6.45, 7) is 2.52. The van der Waals surface area contributed by atoms with E-state index in [1.165, 1.54) is 0 Å². The summed E-state index contributed by atoms with van der Waals surface area (Å²) < 4.78 is 5.73. The van der Waals surface area contributed by atoms with Gasteiger partial charge < -0.3 is 9.57 Å². The van der Waals surface area contributed by atoms with Gasteiger partial charge in [-0.3, -0.25) is 0 Å². The highest BCUT2D eigenvalue weighted by molar-refractivity contribution is 5.85. The van der Waals surface area contributed by atoms with Crippen LogP contribution in [-0.2, 0) is 6.61 Å². The summed E-state index contributed by atoms with van der Waals surface area (Å²) in [5.74, 6) is 6.57. The lowest BCUT2D eigenvalue weighted by molar-refractivity contribution is 0.301. The zero-order valence-electron chi connectivity index (χ0n) is 10.1. The molecule has 0 aliphatic heterocycles. The maximum atomic E-state index is 5.73. The number of rotatable bonds is 4. The van der Waals surface area contributed by atoms with Crippen molar-refractivity contribution in [1.82, 2.24) is 0 Å². The number of hydrogen-bond acceptors (Lipinski definition) is 3. The van der Waals surface area contributed by atoms with E-state index >= 15 is 0 Å². The van der Waals surface area contributed by atoms with Gasteiger partial charge in [-0.1, -0.05) is 30.3 Å². The molecule has 96 valence electrons. The van der Waals surface area contributed by atoms with Gasteiger partial charge in [-0.2, -0.15) is 5.90 Å². The lowest BCUT2D eigenvalue weighted by atomic mass is 10.2. The summed E-state index contributed by atoms with van der Waals surface area (Å²) in [5.41, 5.74) is 2.15. The van der Waals surface area contributed by atoms with Gasteiger partial charge in [0.2, 0.25) is 0 Å². The molecule has 18 heavy (non-hydrogen) atoms. The number of hydrogen-bond donors (Lipinski definition) is 1. The zero-order chi connectivity index (χ0) is 12.1. The van der Waals surface area contributed by atoms with E-state index in [1.807, 2.05) is 49.4 Å². The molecule has 3 nitrogen and oxygen atoms in total. The van der Waals surface area contributed by atoms with Gasteiger partial charge in [-0.15, -0.1) is 12.4 Å². The Kier molecular flexibility index (Phi) is 5.49. The van der Waals surface area contributed by atoms with Crippen LogP contribution in [0.3, 0.4) is 0 Å². The predicted molar refractivity (Wildman–Crippen MR) is 74.0 cm³/mol. The second-order valence-electron chi connectivity index (χ2n) is 3.82. The Morgan fingerprint density at radius 1 is 1.06 bits per heavy atom. The summed E-state index contributed by atoms with van der Waals surface area (Å²) in [6, 6.07) is 15.5. The molecule has 2 aromatic rings. The number of ether oxygens (including phenoxy) is 1. The third kappa shape index (κ3) is 3.65. The van der Waals surface area contributed by atoms with Gasteiger partial charge in [-0.05, 0) is 36.2 Å². The Hall–Kier alpha value is -1.71. The third-order valence-corrected chi connectivity index (χ3v) is 2.52. The molecule has 0 spiro atoms. The average Bonchev–Trinajstić information content (AvgIpc) is 2.38. The van der Waals surface area contributed by atoms with Crippen molar-refractivity contribution in [3.05, 3.63) is 59.7 Å². The fourth-order valence-corrected chi connectivity index (χ4v) is 1.59. The molecule has 0 aliphatic carbocycles. The van der Waals surface area contributed by atoms with Crippen LogP contribution in [0.5, 0.6) is 11.5 Å². The largest absolute Gasteiger partial charge is 0.489 e. The summed E-state index contributed by atoms with van der Waals surface area (Å²) >= 11 is 0. The van der Waals surface area contributed by atoms with Crippen LogP contribution in [0.2, 0.25) is 0 Å². The van der Waals surface area contributed by atoms with Gasteiger partial charge in [0.15, 0.2) is 0 Å². The first kappa shape index (κ1) is 14.4. The molecule has 0 saturated heterocycles. The Bertz CT molecular complexity index is 488. The first-order valence-corrected chi connectivity index (χ1v) is 5.43. The number of halogens is 1. The van der Waals surface area contributed by atoms with Crippen LogP contribution in [0.25, 0.3) is 0 Å². The zero-order valence-corrected chi connectivity index (χ0v) is 10.9. The van der Waals surface area contributed by atoms with Crippen LogP contribution in [0.4, 0.5) is 0 Å². The summed E-state index contributed by atoms with van der Waals surface area (Å²) in [4.78, 5) is 4.66. The van der Waals surface area contributed by atoms with Crippen molar-refractivity contribution in [2.45, 2.75) is 13.5 Å². The van der Waals surface area contributed by atoms with Crippen LogP contribution in [-0.4, -0.2) is 0 Å². The first-order valence-electron chi connectivity index (χ1n) is 5.43. The molecule has 0 radical (unpaired) electrons. The normalized spacial score (nSPS) is 9.44. The van der Waals surface area contributed by atoms with Gasteiger partial charge in [0.1, 0.15) is 18.1 Å². The molecule has 0 atom stereocenters. The molecule has 0 bridgehead atoms. The number of benzene rings is 2. The van der Waals surface area contributed by atoms with E-state index in [-0.39, 0.29) is 12.4 Å². The van der Waals surface area contributed by atoms with Crippen molar-refractivity contribution in [3.8, 4) is 11.5 Å². The van der Waals surface area contributed by atoms with Gasteiger partial charge in [0, 0.05) is 0 Å².